The average molecular weight is 469 g/mol. The first-order chi connectivity index (χ1) is 15.0. The second-order valence-electron chi connectivity index (χ2n) is 7.40. The van der Waals surface area contributed by atoms with Crippen molar-refractivity contribution < 1.29 is 31.2 Å². The van der Waals surface area contributed by atoms with Crippen molar-refractivity contribution in [2.24, 2.45) is 0 Å². The highest BCUT2D eigenvalue weighted by molar-refractivity contribution is 7.89. The number of sulfonamides is 1. The fourth-order valence-electron chi connectivity index (χ4n) is 3.38. The van der Waals surface area contributed by atoms with Crippen LogP contribution in [0.1, 0.15) is 33.6 Å². The van der Waals surface area contributed by atoms with E-state index in [-0.39, 0.29) is 22.9 Å². The fraction of sp³-hybridized carbons (Fsp3) is 0.333. The van der Waals surface area contributed by atoms with Gasteiger partial charge in [0.05, 0.1) is 4.90 Å². The van der Waals surface area contributed by atoms with Crippen LogP contribution in [0.15, 0.2) is 59.5 Å². The number of hydrogen-bond acceptors (Lipinski definition) is 4. The Morgan fingerprint density at radius 2 is 1.66 bits per heavy atom. The van der Waals surface area contributed by atoms with Crippen molar-refractivity contribution in [3.8, 4) is 0 Å². The van der Waals surface area contributed by atoms with Crippen LogP contribution in [0.4, 0.5) is 13.2 Å². The zero-order valence-electron chi connectivity index (χ0n) is 16.9. The summed E-state index contributed by atoms with van der Waals surface area (Å²) in [6.07, 6.45) is -3.36. The van der Waals surface area contributed by atoms with E-state index in [2.05, 4.69) is 4.72 Å². The second kappa shape index (κ2) is 9.70. The molecule has 172 valence electrons. The molecule has 1 aliphatic heterocycles. The van der Waals surface area contributed by atoms with Crippen LogP contribution < -0.4 is 10.0 Å². The summed E-state index contributed by atoms with van der Waals surface area (Å²) in [6.45, 7) is -0.744. The molecule has 0 aromatic heterocycles. The maximum absolute atomic E-state index is 12.7. The number of hydrogen-bond donors (Lipinski definition) is 2. The van der Waals surface area contributed by atoms with Gasteiger partial charge in [-0.3, -0.25) is 9.59 Å². The highest BCUT2D eigenvalue weighted by Crippen LogP contribution is 2.18. The highest BCUT2D eigenvalue weighted by atomic mass is 32.2. The minimum atomic E-state index is -4.54. The molecule has 1 saturated heterocycles. The number of benzene rings is 2. The van der Waals surface area contributed by atoms with Crippen LogP contribution in [0, 0.1) is 0 Å². The van der Waals surface area contributed by atoms with E-state index < -0.39 is 34.7 Å². The number of piperidine rings is 1. The van der Waals surface area contributed by atoms with E-state index in [9.17, 15) is 31.2 Å². The number of carbonyl (C=O) groups excluding carboxylic acids is 2. The maximum Gasteiger partial charge on any atom is 0.405 e. The number of carbonyl (C=O) groups is 2. The fourth-order valence-corrected chi connectivity index (χ4v) is 4.64. The Balaban J connectivity index is 1.63. The lowest BCUT2D eigenvalue weighted by Gasteiger charge is -2.33. The lowest BCUT2D eigenvalue weighted by Crippen LogP contribution is -2.49. The Bertz CT molecular complexity index is 1060. The second-order valence-corrected chi connectivity index (χ2v) is 9.11. The maximum atomic E-state index is 12.7. The van der Waals surface area contributed by atoms with Gasteiger partial charge in [-0.25, -0.2) is 13.1 Å². The summed E-state index contributed by atoms with van der Waals surface area (Å²) < 4.78 is 64.7. The molecule has 0 saturated carbocycles. The molecule has 0 aliphatic carbocycles. The molecule has 1 unspecified atom stereocenters. The molecule has 2 amide bonds. The third-order valence-electron chi connectivity index (χ3n) is 4.93. The van der Waals surface area contributed by atoms with Crippen molar-refractivity contribution in [1.82, 2.24) is 14.9 Å². The Kier molecular flexibility index (Phi) is 7.19. The molecule has 1 heterocycles. The number of rotatable bonds is 6. The van der Waals surface area contributed by atoms with Crippen molar-refractivity contribution in [2.45, 2.75) is 30.0 Å². The molecular formula is C21H22F3N3O4S. The molecule has 2 aromatic rings. The van der Waals surface area contributed by atoms with Gasteiger partial charge in [-0.1, -0.05) is 18.2 Å². The highest BCUT2D eigenvalue weighted by Gasteiger charge is 2.29. The van der Waals surface area contributed by atoms with Crippen LogP contribution >= 0.6 is 0 Å². The molecule has 1 aliphatic rings. The lowest BCUT2D eigenvalue weighted by atomic mass is 10.1. The first-order valence-electron chi connectivity index (χ1n) is 9.87. The van der Waals surface area contributed by atoms with Gasteiger partial charge in [0.15, 0.2) is 0 Å². The van der Waals surface area contributed by atoms with E-state index >= 15 is 0 Å². The van der Waals surface area contributed by atoms with Gasteiger partial charge in [0, 0.05) is 30.3 Å². The molecular weight excluding hydrogens is 447 g/mol. The molecule has 1 fully saturated rings. The zero-order chi connectivity index (χ0) is 23.4. The first-order valence-corrected chi connectivity index (χ1v) is 11.4. The molecule has 32 heavy (non-hydrogen) atoms. The summed E-state index contributed by atoms with van der Waals surface area (Å²) in [4.78, 5) is 25.9. The van der Waals surface area contributed by atoms with Crippen molar-refractivity contribution in [3.63, 3.8) is 0 Å². The Morgan fingerprint density at radius 1 is 1.00 bits per heavy atom. The average Bonchev–Trinajstić information content (AvgIpc) is 2.77. The predicted molar refractivity (Wildman–Crippen MR) is 111 cm³/mol. The number of likely N-dealkylation sites (tertiary alicyclic amines) is 1. The minimum Gasteiger partial charge on any atom is -0.343 e. The quantitative estimate of drug-likeness (QED) is 0.680. The summed E-state index contributed by atoms with van der Waals surface area (Å²) in [6, 6.07) is 12.8. The summed E-state index contributed by atoms with van der Waals surface area (Å²) in [5.41, 5.74) is 0.431. The molecule has 2 aromatic carbocycles. The molecule has 7 nitrogen and oxygen atoms in total. The number of halogens is 3. The minimum absolute atomic E-state index is 0.0921. The number of alkyl halides is 3. The van der Waals surface area contributed by atoms with Gasteiger partial charge >= 0.3 is 6.18 Å². The summed E-state index contributed by atoms with van der Waals surface area (Å²) >= 11 is 0. The Hall–Kier alpha value is -2.92. The third kappa shape index (κ3) is 6.30. The molecule has 1 atom stereocenters. The van der Waals surface area contributed by atoms with Crippen molar-refractivity contribution in [1.29, 1.82) is 0 Å². The van der Waals surface area contributed by atoms with E-state index in [4.69, 9.17) is 0 Å². The predicted octanol–water partition coefficient (Wildman–Crippen LogP) is 2.56. The standard InChI is InChI=1S/C21H22F3N3O4S/c22-21(23,24)14-25-19(28)15-8-10-18(11-9-15)32(30,31)26-17-7-4-12-27(13-17)20(29)16-5-2-1-3-6-16/h1-3,5-6,8-11,17,26H,4,7,12-14H2,(H,25,28). The van der Waals surface area contributed by atoms with Gasteiger partial charge in [-0.2, -0.15) is 13.2 Å². The van der Waals surface area contributed by atoms with Crippen LogP contribution in [0.5, 0.6) is 0 Å². The summed E-state index contributed by atoms with van der Waals surface area (Å²) in [7, 11) is -3.95. The third-order valence-corrected chi connectivity index (χ3v) is 6.46. The molecule has 0 spiro atoms. The number of amides is 2. The number of nitrogens with zero attached hydrogens (tertiary/aromatic N) is 1. The molecule has 11 heteroatoms. The largest absolute Gasteiger partial charge is 0.405 e. The molecule has 0 radical (unpaired) electrons. The van der Waals surface area contributed by atoms with Gasteiger partial charge in [0.2, 0.25) is 10.0 Å². The zero-order valence-corrected chi connectivity index (χ0v) is 17.7. The van der Waals surface area contributed by atoms with Crippen molar-refractivity contribution in [2.75, 3.05) is 19.6 Å². The topological polar surface area (TPSA) is 95.6 Å². The SMILES string of the molecule is O=C(NCC(F)(F)F)c1ccc(S(=O)(=O)NC2CCCN(C(=O)c3ccccc3)C2)cc1. The van der Waals surface area contributed by atoms with Gasteiger partial charge in [-0.05, 0) is 49.2 Å². The first kappa shape index (κ1) is 23.7. The Morgan fingerprint density at radius 3 is 2.28 bits per heavy atom. The van der Waals surface area contributed by atoms with Crippen molar-refractivity contribution in [3.05, 3.63) is 65.7 Å². The molecule has 2 N–H and O–H groups in total. The lowest BCUT2D eigenvalue weighted by molar-refractivity contribution is -0.123. The monoisotopic (exact) mass is 469 g/mol. The van der Waals surface area contributed by atoms with E-state index in [0.717, 1.165) is 24.3 Å². The molecule has 0 bridgehead atoms. The summed E-state index contributed by atoms with van der Waals surface area (Å²) in [5, 5.41) is 1.73. The van der Waals surface area contributed by atoms with E-state index in [1.165, 1.54) is 0 Å². The van der Waals surface area contributed by atoms with Crippen LogP contribution in [0.2, 0.25) is 0 Å². The van der Waals surface area contributed by atoms with Crippen LogP contribution in [-0.2, 0) is 10.0 Å². The van der Waals surface area contributed by atoms with Gasteiger partial charge in [-0.15, -0.1) is 0 Å². The van der Waals surface area contributed by atoms with E-state index in [0.29, 0.717) is 24.9 Å². The van der Waals surface area contributed by atoms with Crippen LogP contribution in [-0.4, -0.2) is 57.0 Å². The van der Waals surface area contributed by atoms with E-state index in [1.807, 2.05) is 0 Å². The summed E-state index contributed by atoms with van der Waals surface area (Å²) in [5.74, 6) is -1.13. The number of nitrogens with one attached hydrogen (secondary N) is 2. The van der Waals surface area contributed by atoms with Gasteiger partial charge in [0.1, 0.15) is 6.54 Å². The van der Waals surface area contributed by atoms with Crippen LogP contribution in [0.3, 0.4) is 0 Å². The Labute approximate surface area is 183 Å². The van der Waals surface area contributed by atoms with Gasteiger partial charge in [0.25, 0.3) is 11.8 Å². The molecule has 3 rings (SSSR count). The van der Waals surface area contributed by atoms with Gasteiger partial charge < -0.3 is 10.2 Å². The van der Waals surface area contributed by atoms with Crippen molar-refractivity contribution >= 4 is 21.8 Å². The van der Waals surface area contributed by atoms with Crippen LogP contribution in [0.25, 0.3) is 0 Å². The normalized spacial score (nSPS) is 17.1. The smallest absolute Gasteiger partial charge is 0.343 e. The van der Waals surface area contributed by atoms with E-state index in [1.54, 1.807) is 40.5 Å².